The van der Waals surface area contributed by atoms with Crippen LogP contribution in [0.2, 0.25) is 0 Å². The molecule has 0 N–H and O–H groups in total. The molecule has 0 radical (unpaired) electrons. The van der Waals surface area contributed by atoms with E-state index in [1.807, 2.05) is 0 Å². The Morgan fingerprint density at radius 2 is 2.00 bits per heavy atom. The average Bonchev–Trinajstić information content (AvgIpc) is 2.17. The van der Waals surface area contributed by atoms with Crippen LogP contribution in [0.4, 0.5) is 4.79 Å². The number of ether oxygens (including phenoxy) is 1. The summed E-state index contributed by atoms with van der Waals surface area (Å²) in [6, 6.07) is 4.65. The predicted octanol–water partition coefficient (Wildman–Crippen LogP) is 1.13. The van der Waals surface area contributed by atoms with E-state index in [-0.39, 0.29) is 10.6 Å². The molecule has 15 heavy (non-hydrogen) atoms. The van der Waals surface area contributed by atoms with E-state index in [1.165, 1.54) is 19.2 Å². The zero-order chi connectivity index (χ0) is 11.2. The Morgan fingerprint density at radius 3 is 2.67 bits per heavy atom. The van der Waals surface area contributed by atoms with Crippen LogP contribution in [0.25, 0.3) is 0 Å². The van der Waals surface area contributed by atoms with E-state index >= 15 is 0 Å². The zero-order valence-electron chi connectivity index (χ0n) is 8.22. The number of fused-ring (bicyclic) bond motifs is 1. The normalized spacial score (nSPS) is 18.3. The summed E-state index contributed by atoms with van der Waals surface area (Å²) in [5.41, 5.74) is 0.795. The number of carbonyl (C=O) groups is 1. The number of nitrogens with zero attached hydrogens (tertiary/aromatic N) is 1. The number of benzene rings is 1. The van der Waals surface area contributed by atoms with E-state index in [4.69, 9.17) is 4.74 Å². The molecule has 0 fully saturated rings. The van der Waals surface area contributed by atoms with Gasteiger partial charge in [-0.05, 0) is 24.6 Å². The first-order valence-corrected chi connectivity index (χ1v) is 5.68. The summed E-state index contributed by atoms with van der Waals surface area (Å²) in [5.74, 6) is 0.0868. The fourth-order valence-electron chi connectivity index (χ4n) is 1.31. The molecular weight excluding hydrogens is 218 g/mol. The Kier molecular flexibility index (Phi) is 1.97. The van der Waals surface area contributed by atoms with Crippen LogP contribution in [0, 0.1) is 6.92 Å². The molecule has 0 bridgehead atoms. The molecule has 5 nitrogen and oxygen atoms in total. The minimum atomic E-state index is -3.73. The van der Waals surface area contributed by atoms with Gasteiger partial charge in [0.25, 0.3) is 10.0 Å². The van der Waals surface area contributed by atoms with Crippen molar-refractivity contribution < 1.29 is 17.9 Å². The van der Waals surface area contributed by atoms with Crippen LogP contribution < -0.4 is 4.74 Å². The summed E-state index contributed by atoms with van der Waals surface area (Å²) < 4.78 is 29.0. The lowest BCUT2D eigenvalue weighted by Crippen LogP contribution is -2.39. The Morgan fingerprint density at radius 1 is 1.33 bits per heavy atom. The standard InChI is InChI=1S/C9H9NO4S/c1-6-3-4-7-8(5-6)15(12,13)10(2)9(11)14-7/h3-5H,1-2H3. The van der Waals surface area contributed by atoms with Crippen LogP contribution in [-0.2, 0) is 10.0 Å². The molecule has 1 aliphatic rings. The molecule has 1 amide bonds. The SMILES string of the molecule is Cc1ccc2c(c1)S(=O)(=O)N(C)C(=O)O2. The van der Waals surface area contributed by atoms with Gasteiger partial charge in [0, 0.05) is 7.05 Å². The van der Waals surface area contributed by atoms with Crippen molar-refractivity contribution in [2.24, 2.45) is 0 Å². The minimum Gasteiger partial charge on any atom is -0.408 e. The molecule has 0 atom stereocenters. The summed E-state index contributed by atoms with van der Waals surface area (Å²) in [4.78, 5) is 11.2. The van der Waals surface area contributed by atoms with Crippen molar-refractivity contribution in [3.05, 3.63) is 23.8 Å². The molecule has 1 aliphatic heterocycles. The van der Waals surface area contributed by atoms with Crippen LogP contribution in [0.5, 0.6) is 5.75 Å². The second-order valence-corrected chi connectivity index (χ2v) is 5.23. The van der Waals surface area contributed by atoms with Gasteiger partial charge < -0.3 is 4.74 Å². The van der Waals surface area contributed by atoms with Crippen LogP contribution in [0.1, 0.15) is 5.56 Å². The first-order valence-electron chi connectivity index (χ1n) is 4.24. The van der Waals surface area contributed by atoms with Gasteiger partial charge in [0.15, 0.2) is 5.75 Å². The molecule has 0 aliphatic carbocycles. The van der Waals surface area contributed by atoms with Gasteiger partial charge in [-0.15, -0.1) is 0 Å². The summed E-state index contributed by atoms with van der Waals surface area (Å²) >= 11 is 0. The van der Waals surface area contributed by atoms with Crippen molar-refractivity contribution in [1.29, 1.82) is 0 Å². The van der Waals surface area contributed by atoms with E-state index in [1.54, 1.807) is 13.0 Å². The van der Waals surface area contributed by atoms with Gasteiger partial charge in [-0.2, -0.15) is 0 Å². The van der Waals surface area contributed by atoms with Crippen LogP contribution in [0.15, 0.2) is 23.1 Å². The summed E-state index contributed by atoms with van der Waals surface area (Å²) in [6.07, 6.45) is -0.883. The third-order valence-electron chi connectivity index (χ3n) is 2.19. The lowest BCUT2D eigenvalue weighted by molar-refractivity contribution is 0.179. The number of aryl methyl sites for hydroxylation is 1. The highest BCUT2D eigenvalue weighted by atomic mass is 32.2. The highest BCUT2D eigenvalue weighted by Crippen LogP contribution is 2.31. The van der Waals surface area contributed by atoms with Gasteiger partial charge in [-0.1, -0.05) is 6.07 Å². The molecule has 0 saturated carbocycles. The number of hydrogen-bond acceptors (Lipinski definition) is 4. The van der Waals surface area contributed by atoms with E-state index in [9.17, 15) is 13.2 Å². The van der Waals surface area contributed by atoms with E-state index in [0.29, 0.717) is 4.31 Å². The Hall–Kier alpha value is -1.56. The maximum Gasteiger partial charge on any atom is 0.429 e. The van der Waals surface area contributed by atoms with Gasteiger partial charge in [-0.25, -0.2) is 17.5 Å². The summed E-state index contributed by atoms with van der Waals surface area (Å²) in [6.45, 7) is 1.77. The van der Waals surface area contributed by atoms with Crippen molar-refractivity contribution in [2.75, 3.05) is 7.05 Å². The number of rotatable bonds is 0. The van der Waals surface area contributed by atoms with Gasteiger partial charge >= 0.3 is 6.09 Å². The highest BCUT2D eigenvalue weighted by Gasteiger charge is 2.35. The lowest BCUT2D eigenvalue weighted by Gasteiger charge is -2.24. The fraction of sp³-hybridized carbons (Fsp3) is 0.222. The predicted molar refractivity (Wildman–Crippen MR) is 52.2 cm³/mol. The highest BCUT2D eigenvalue weighted by molar-refractivity contribution is 7.89. The maximum absolute atomic E-state index is 11.8. The molecular formula is C9H9NO4S. The van der Waals surface area contributed by atoms with Gasteiger partial charge in [-0.3, -0.25) is 0 Å². The van der Waals surface area contributed by atoms with E-state index in [2.05, 4.69) is 0 Å². The van der Waals surface area contributed by atoms with Gasteiger partial charge in [0.1, 0.15) is 4.90 Å². The van der Waals surface area contributed by atoms with Crippen molar-refractivity contribution in [3.63, 3.8) is 0 Å². The average molecular weight is 227 g/mol. The Bertz CT molecular complexity index is 535. The second-order valence-electron chi connectivity index (χ2n) is 3.29. The number of sulfonamides is 1. The van der Waals surface area contributed by atoms with Crippen LogP contribution in [-0.4, -0.2) is 25.9 Å². The molecule has 6 heteroatoms. The number of carbonyl (C=O) groups excluding carboxylic acids is 1. The molecule has 0 aromatic heterocycles. The molecule has 1 aromatic carbocycles. The largest absolute Gasteiger partial charge is 0.429 e. The number of amides is 1. The minimum absolute atomic E-state index is 0.0320. The quantitative estimate of drug-likeness (QED) is 0.666. The zero-order valence-corrected chi connectivity index (χ0v) is 9.04. The van der Waals surface area contributed by atoms with Gasteiger partial charge in [0.2, 0.25) is 0 Å². The van der Waals surface area contributed by atoms with Gasteiger partial charge in [0.05, 0.1) is 0 Å². The molecule has 80 valence electrons. The first-order chi connectivity index (χ1) is 6.93. The van der Waals surface area contributed by atoms with E-state index < -0.39 is 16.1 Å². The van der Waals surface area contributed by atoms with Crippen LogP contribution >= 0.6 is 0 Å². The monoisotopic (exact) mass is 227 g/mol. The third-order valence-corrected chi connectivity index (χ3v) is 3.94. The van der Waals surface area contributed by atoms with Crippen molar-refractivity contribution in [1.82, 2.24) is 4.31 Å². The topological polar surface area (TPSA) is 63.7 Å². The summed E-state index contributed by atoms with van der Waals surface area (Å²) in [5, 5.41) is 0. The van der Waals surface area contributed by atoms with Crippen LogP contribution in [0.3, 0.4) is 0 Å². The Labute approximate surface area is 87.3 Å². The molecule has 1 heterocycles. The second kappa shape index (κ2) is 2.96. The molecule has 0 unspecified atom stereocenters. The van der Waals surface area contributed by atoms with Crippen molar-refractivity contribution >= 4 is 16.1 Å². The summed E-state index contributed by atoms with van der Waals surface area (Å²) in [7, 11) is -2.56. The van der Waals surface area contributed by atoms with Crippen molar-refractivity contribution in [2.45, 2.75) is 11.8 Å². The fourth-order valence-corrected chi connectivity index (χ4v) is 2.53. The maximum atomic E-state index is 11.8. The molecule has 2 rings (SSSR count). The smallest absolute Gasteiger partial charge is 0.408 e. The molecule has 0 saturated heterocycles. The molecule has 1 aromatic rings. The lowest BCUT2D eigenvalue weighted by atomic mass is 10.2. The van der Waals surface area contributed by atoms with E-state index in [0.717, 1.165) is 5.56 Å². The first kappa shape index (κ1) is 9.97. The third kappa shape index (κ3) is 1.37. The molecule has 0 spiro atoms. The van der Waals surface area contributed by atoms with Crippen molar-refractivity contribution in [3.8, 4) is 5.75 Å². The Balaban J connectivity index is 2.73. The number of hydrogen-bond donors (Lipinski definition) is 0.